The van der Waals surface area contributed by atoms with Gasteiger partial charge in [0.25, 0.3) is 0 Å². The van der Waals surface area contributed by atoms with E-state index < -0.39 is 11.6 Å². The molecule has 0 fully saturated rings. The molecule has 2 rings (SSSR count). The van der Waals surface area contributed by atoms with Crippen molar-refractivity contribution in [1.82, 2.24) is 0 Å². The van der Waals surface area contributed by atoms with Crippen LogP contribution in [0.15, 0.2) is 47.4 Å². The Kier molecular flexibility index (Phi) is 4.90. The minimum absolute atomic E-state index is 0.0492. The molecule has 20 heavy (non-hydrogen) atoms. The first kappa shape index (κ1) is 14.7. The number of Topliss-reactive ketones (excluding diaryl/α,β-unsaturated/α-hetero) is 1. The van der Waals surface area contributed by atoms with Gasteiger partial charge in [0.2, 0.25) is 0 Å². The number of halogens is 2. The van der Waals surface area contributed by atoms with Crippen LogP contribution in [0.3, 0.4) is 0 Å². The van der Waals surface area contributed by atoms with Crippen molar-refractivity contribution < 1.29 is 13.6 Å². The number of aryl methyl sites for hydroxylation is 1. The Labute approximate surface area is 121 Å². The lowest BCUT2D eigenvalue weighted by atomic mass is 10.1. The predicted octanol–water partition coefficient (Wildman–Crippen LogP) is 4.18. The van der Waals surface area contributed by atoms with E-state index in [1.165, 1.54) is 23.9 Å². The molecular weight excluding hydrogens is 278 g/mol. The molecule has 0 bridgehead atoms. The van der Waals surface area contributed by atoms with Crippen molar-refractivity contribution in [3.8, 4) is 0 Å². The van der Waals surface area contributed by atoms with E-state index in [0.717, 1.165) is 16.5 Å². The fourth-order valence-corrected chi connectivity index (χ4v) is 2.76. The van der Waals surface area contributed by atoms with Crippen LogP contribution >= 0.6 is 11.8 Å². The largest absolute Gasteiger partial charge is 0.298 e. The highest BCUT2D eigenvalue weighted by Gasteiger charge is 2.08. The Hall–Kier alpha value is -1.68. The number of hydrogen-bond acceptors (Lipinski definition) is 2. The Morgan fingerprint density at radius 3 is 2.40 bits per heavy atom. The average Bonchev–Trinajstić information content (AvgIpc) is 2.36. The molecule has 2 aromatic rings. The highest BCUT2D eigenvalue weighted by molar-refractivity contribution is 8.00. The van der Waals surface area contributed by atoms with Gasteiger partial charge in [0, 0.05) is 17.4 Å². The first-order chi connectivity index (χ1) is 9.54. The lowest BCUT2D eigenvalue weighted by molar-refractivity contribution is -0.116. The maximum absolute atomic E-state index is 13.0. The zero-order valence-electron chi connectivity index (χ0n) is 11.0. The third-order valence-corrected chi connectivity index (χ3v) is 4.04. The van der Waals surface area contributed by atoms with Crippen LogP contribution < -0.4 is 0 Å². The van der Waals surface area contributed by atoms with Crippen LogP contribution in [-0.4, -0.2) is 11.5 Å². The minimum Gasteiger partial charge on any atom is -0.298 e. The van der Waals surface area contributed by atoms with Gasteiger partial charge >= 0.3 is 0 Å². The molecule has 0 heterocycles. The summed E-state index contributed by atoms with van der Waals surface area (Å²) in [6, 6.07) is 11.0. The van der Waals surface area contributed by atoms with Crippen LogP contribution in [0.4, 0.5) is 8.78 Å². The summed E-state index contributed by atoms with van der Waals surface area (Å²) in [7, 11) is 0. The molecule has 0 amide bonds. The van der Waals surface area contributed by atoms with E-state index in [0.29, 0.717) is 11.3 Å². The molecule has 0 atom stereocenters. The topological polar surface area (TPSA) is 17.1 Å². The van der Waals surface area contributed by atoms with Gasteiger partial charge in [0.1, 0.15) is 17.4 Å². The van der Waals surface area contributed by atoms with Gasteiger partial charge in [-0.1, -0.05) is 18.2 Å². The number of benzene rings is 2. The zero-order valence-corrected chi connectivity index (χ0v) is 11.8. The van der Waals surface area contributed by atoms with Crippen molar-refractivity contribution >= 4 is 17.5 Å². The van der Waals surface area contributed by atoms with Crippen molar-refractivity contribution in [2.45, 2.75) is 18.2 Å². The normalized spacial score (nSPS) is 10.6. The third-order valence-electron chi connectivity index (χ3n) is 2.81. The Bertz CT molecular complexity index is 605. The second-order valence-corrected chi connectivity index (χ2v) is 5.56. The Morgan fingerprint density at radius 2 is 1.75 bits per heavy atom. The first-order valence-corrected chi connectivity index (χ1v) is 7.18. The lowest BCUT2D eigenvalue weighted by Crippen LogP contribution is -2.06. The van der Waals surface area contributed by atoms with Crippen LogP contribution in [0.2, 0.25) is 0 Å². The van der Waals surface area contributed by atoms with Crippen molar-refractivity contribution in [3.05, 3.63) is 65.2 Å². The van der Waals surface area contributed by atoms with E-state index in [-0.39, 0.29) is 12.2 Å². The molecule has 0 saturated heterocycles. The molecule has 0 N–H and O–H groups in total. The maximum atomic E-state index is 13.0. The van der Waals surface area contributed by atoms with Crippen molar-refractivity contribution in [3.63, 3.8) is 0 Å². The van der Waals surface area contributed by atoms with E-state index >= 15 is 0 Å². The molecule has 0 aromatic heterocycles. The standard InChI is InChI=1S/C16H14F2OS/c1-11-4-2-3-5-16(11)20-10-15(19)8-12-6-13(17)9-14(18)7-12/h2-7,9H,8,10H2,1H3. The fraction of sp³-hybridized carbons (Fsp3) is 0.188. The second-order valence-electron chi connectivity index (χ2n) is 4.55. The fourth-order valence-electron chi connectivity index (χ4n) is 1.87. The molecule has 0 aliphatic heterocycles. The van der Waals surface area contributed by atoms with Gasteiger partial charge in [-0.05, 0) is 36.2 Å². The van der Waals surface area contributed by atoms with Crippen molar-refractivity contribution in [1.29, 1.82) is 0 Å². The smallest absolute Gasteiger partial charge is 0.147 e. The van der Waals surface area contributed by atoms with Crippen LogP contribution in [0, 0.1) is 18.6 Å². The second kappa shape index (κ2) is 6.66. The van der Waals surface area contributed by atoms with Gasteiger partial charge < -0.3 is 0 Å². The molecule has 2 aromatic carbocycles. The summed E-state index contributed by atoms with van der Waals surface area (Å²) in [5, 5.41) is 0. The summed E-state index contributed by atoms with van der Waals surface area (Å²) in [5.74, 6) is -1.06. The van der Waals surface area contributed by atoms with Gasteiger partial charge in [-0.25, -0.2) is 8.78 Å². The van der Waals surface area contributed by atoms with Crippen molar-refractivity contribution in [2.75, 3.05) is 5.75 Å². The number of hydrogen-bond donors (Lipinski definition) is 0. The summed E-state index contributed by atoms with van der Waals surface area (Å²) < 4.78 is 26.1. The predicted molar refractivity (Wildman–Crippen MR) is 77.0 cm³/mol. The van der Waals surface area contributed by atoms with Crippen LogP contribution in [0.5, 0.6) is 0 Å². The molecule has 1 nitrogen and oxygen atoms in total. The zero-order chi connectivity index (χ0) is 14.5. The van der Waals surface area contributed by atoms with E-state index in [1.54, 1.807) is 0 Å². The van der Waals surface area contributed by atoms with Gasteiger partial charge in [0.05, 0.1) is 5.75 Å². The molecule has 0 saturated carbocycles. The molecular formula is C16H14F2OS. The molecule has 0 radical (unpaired) electrons. The average molecular weight is 292 g/mol. The lowest BCUT2D eigenvalue weighted by Gasteiger charge is -2.05. The Morgan fingerprint density at radius 1 is 1.10 bits per heavy atom. The summed E-state index contributed by atoms with van der Waals surface area (Å²) in [6.07, 6.45) is 0.0492. The molecule has 104 valence electrons. The maximum Gasteiger partial charge on any atom is 0.147 e. The molecule has 0 unspecified atom stereocenters. The monoisotopic (exact) mass is 292 g/mol. The third kappa shape index (κ3) is 4.17. The Balaban J connectivity index is 1.94. The van der Waals surface area contributed by atoms with E-state index in [4.69, 9.17) is 0 Å². The number of ketones is 1. The van der Waals surface area contributed by atoms with Gasteiger partial charge in [-0.15, -0.1) is 11.8 Å². The number of thioether (sulfide) groups is 1. The van der Waals surface area contributed by atoms with Crippen LogP contribution in [-0.2, 0) is 11.2 Å². The van der Waals surface area contributed by atoms with E-state index in [1.807, 2.05) is 31.2 Å². The minimum atomic E-state index is -0.653. The number of carbonyl (C=O) groups excluding carboxylic acids is 1. The number of carbonyl (C=O) groups is 1. The summed E-state index contributed by atoms with van der Waals surface area (Å²) in [6.45, 7) is 1.98. The van der Waals surface area contributed by atoms with Crippen LogP contribution in [0.25, 0.3) is 0 Å². The molecule has 0 aliphatic carbocycles. The quantitative estimate of drug-likeness (QED) is 0.769. The van der Waals surface area contributed by atoms with Crippen molar-refractivity contribution in [2.24, 2.45) is 0 Å². The SMILES string of the molecule is Cc1ccccc1SCC(=O)Cc1cc(F)cc(F)c1. The summed E-state index contributed by atoms with van der Waals surface area (Å²) in [4.78, 5) is 12.9. The van der Waals surface area contributed by atoms with E-state index in [2.05, 4.69) is 0 Å². The molecule has 0 spiro atoms. The highest BCUT2D eigenvalue weighted by Crippen LogP contribution is 2.22. The van der Waals surface area contributed by atoms with Crippen LogP contribution in [0.1, 0.15) is 11.1 Å². The summed E-state index contributed by atoms with van der Waals surface area (Å²) in [5.41, 5.74) is 1.49. The number of rotatable bonds is 5. The first-order valence-electron chi connectivity index (χ1n) is 6.19. The van der Waals surface area contributed by atoms with Gasteiger partial charge in [-0.2, -0.15) is 0 Å². The summed E-state index contributed by atoms with van der Waals surface area (Å²) >= 11 is 1.45. The van der Waals surface area contributed by atoms with Gasteiger partial charge in [0.15, 0.2) is 0 Å². The molecule has 4 heteroatoms. The molecule has 0 aliphatic rings. The highest BCUT2D eigenvalue weighted by atomic mass is 32.2. The van der Waals surface area contributed by atoms with E-state index in [9.17, 15) is 13.6 Å². The van der Waals surface area contributed by atoms with Gasteiger partial charge in [-0.3, -0.25) is 4.79 Å².